The number of aliphatic hydroxyl groups excluding tert-OH is 1. The van der Waals surface area contributed by atoms with Crippen molar-refractivity contribution in [2.45, 2.75) is 46.2 Å². The molecule has 3 atom stereocenters. The van der Waals surface area contributed by atoms with Gasteiger partial charge in [0, 0.05) is 12.6 Å². The Morgan fingerprint density at radius 2 is 1.87 bits per heavy atom. The van der Waals surface area contributed by atoms with Crippen LogP contribution in [0.4, 0.5) is 0 Å². The van der Waals surface area contributed by atoms with Gasteiger partial charge in [-0.05, 0) is 25.2 Å². The SMILES string of the molecule is CC(C)C[C@H](N)C(=O)NC(C)C(C)CO. The first-order chi connectivity index (χ1) is 6.88. The van der Waals surface area contributed by atoms with E-state index in [1.54, 1.807) is 0 Å². The zero-order valence-electron chi connectivity index (χ0n) is 10.2. The van der Waals surface area contributed by atoms with Crippen LogP contribution in [-0.4, -0.2) is 29.7 Å². The predicted molar refractivity (Wildman–Crippen MR) is 61.3 cm³/mol. The van der Waals surface area contributed by atoms with Crippen LogP contribution in [0, 0.1) is 11.8 Å². The molecule has 0 aliphatic heterocycles. The summed E-state index contributed by atoms with van der Waals surface area (Å²) in [7, 11) is 0. The highest BCUT2D eigenvalue weighted by atomic mass is 16.3. The van der Waals surface area contributed by atoms with E-state index in [9.17, 15) is 4.79 Å². The lowest BCUT2D eigenvalue weighted by molar-refractivity contribution is -0.123. The summed E-state index contributed by atoms with van der Waals surface area (Å²) in [4.78, 5) is 11.6. The van der Waals surface area contributed by atoms with Crippen LogP contribution >= 0.6 is 0 Å². The van der Waals surface area contributed by atoms with Crippen molar-refractivity contribution in [2.24, 2.45) is 17.6 Å². The predicted octanol–water partition coefficient (Wildman–Crippen LogP) is 0.493. The van der Waals surface area contributed by atoms with Gasteiger partial charge in [0.2, 0.25) is 5.91 Å². The lowest BCUT2D eigenvalue weighted by Gasteiger charge is -2.22. The van der Waals surface area contributed by atoms with Crippen molar-refractivity contribution < 1.29 is 9.90 Å². The summed E-state index contributed by atoms with van der Waals surface area (Å²) in [6.45, 7) is 7.90. The molecule has 0 aliphatic rings. The molecule has 0 aromatic carbocycles. The van der Waals surface area contributed by atoms with Crippen molar-refractivity contribution in [3.05, 3.63) is 0 Å². The topological polar surface area (TPSA) is 75.4 Å². The minimum Gasteiger partial charge on any atom is -0.396 e. The van der Waals surface area contributed by atoms with Gasteiger partial charge in [-0.3, -0.25) is 4.79 Å². The molecule has 0 spiro atoms. The van der Waals surface area contributed by atoms with Crippen LogP contribution in [0.5, 0.6) is 0 Å². The van der Waals surface area contributed by atoms with Crippen LogP contribution in [0.3, 0.4) is 0 Å². The molecule has 4 N–H and O–H groups in total. The molecule has 90 valence electrons. The third-order valence-electron chi connectivity index (χ3n) is 2.57. The monoisotopic (exact) mass is 216 g/mol. The summed E-state index contributed by atoms with van der Waals surface area (Å²) in [5.74, 6) is 0.341. The maximum atomic E-state index is 11.6. The summed E-state index contributed by atoms with van der Waals surface area (Å²) in [5.41, 5.74) is 5.73. The van der Waals surface area contributed by atoms with E-state index in [0.29, 0.717) is 12.3 Å². The molecular formula is C11H24N2O2. The van der Waals surface area contributed by atoms with E-state index in [4.69, 9.17) is 10.8 Å². The second-order valence-corrected chi connectivity index (χ2v) is 4.69. The van der Waals surface area contributed by atoms with E-state index < -0.39 is 6.04 Å². The maximum absolute atomic E-state index is 11.6. The molecule has 2 unspecified atom stereocenters. The molecule has 0 aromatic rings. The standard InChI is InChI=1S/C11H24N2O2/c1-7(2)5-10(12)11(15)13-9(4)8(3)6-14/h7-10,14H,5-6,12H2,1-4H3,(H,13,15)/t8?,9?,10-/m0/s1. The number of nitrogens with one attached hydrogen (secondary N) is 1. The first-order valence-electron chi connectivity index (χ1n) is 5.55. The van der Waals surface area contributed by atoms with Gasteiger partial charge in [0.15, 0.2) is 0 Å². The molecule has 1 amide bonds. The maximum Gasteiger partial charge on any atom is 0.237 e. The largest absolute Gasteiger partial charge is 0.396 e. The molecule has 0 bridgehead atoms. The lowest BCUT2D eigenvalue weighted by atomic mass is 10.0. The molecule has 0 radical (unpaired) electrons. The van der Waals surface area contributed by atoms with Gasteiger partial charge in [-0.15, -0.1) is 0 Å². The second kappa shape index (κ2) is 6.80. The van der Waals surface area contributed by atoms with Crippen LogP contribution in [0.2, 0.25) is 0 Å². The number of hydrogen-bond acceptors (Lipinski definition) is 3. The average Bonchev–Trinajstić information content (AvgIpc) is 2.15. The minimum atomic E-state index is -0.446. The number of carbonyl (C=O) groups is 1. The third-order valence-corrected chi connectivity index (χ3v) is 2.57. The van der Waals surface area contributed by atoms with Crippen molar-refractivity contribution in [1.82, 2.24) is 5.32 Å². The Labute approximate surface area is 92.2 Å². The summed E-state index contributed by atoms with van der Waals surface area (Å²) < 4.78 is 0. The number of aliphatic hydroxyl groups is 1. The Morgan fingerprint density at radius 3 is 2.27 bits per heavy atom. The van der Waals surface area contributed by atoms with Crippen LogP contribution in [0.1, 0.15) is 34.1 Å². The Balaban J connectivity index is 4.01. The van der Waals surface area contributed by atoms with Crippen LogP contribution in [-0.2, 0) is 4.79 Å². The first-order valence-corrected chi connectivity index (χ1v) is 5.55. The van der Waals surface area contributed by atoms with E-state index in [1.165, 1.54) is 0 Å². The molecule has 0 saturated heterocycles. The number of rotatable bonds is 6. The number of hydrogen-bond donors (Lipinski definition) is 3. The molecule has 4 nitrogen and oxygen atoms in total. The second-order valence-electron chi connectivity index (χ2n) is 4.69. The fourth-order valence-corrected chi connectivity index (χ4v) is 1.25. The fraction of sp³-hybridized carbons (Fsp3) is 0.909. The van der Waals surface area contributed by atoms with E-state index in [-0.39, 0.29) is 24.5 Å². The van der Waals surface area contributed by atoms with E-state index in [2.05, 4.69) is 5.32 Å². The molecule has 0 aromatic heterocycles. The van der Waals surface area contributed by atoms with E-state index in [1.807, 2.05) is 27.7 Å². The molecule has 15 heavy (non-hydrogen) atoms. The van der Waals surface area contributed by atoms with Gasteiger partial charge in [-0.2, -0.15) is 0 Å². The van der Waals surface area contributed by atoms with Crippen molar-refractivity contribution in [3.8, 4) is 0 Å². The summed E-state index contributed by atoms with van der Waals surface area (Å²) >= 11 is 0. The Kier molecular flexibility index (Phi) is 6.52. The van der Waals surface area contributed by atoms with Gasteiger partial charge < -0.3 is 16.2 Å². The normalized spacial score (nSPS) is 17.3. The smallest absolute Gasteiger partial charge is 0.237 e. The average molecular weight is 216 g/mol. The van der Waals surface area contributed by atoms with Crippen molar-refractivity contribution >= 4 is 5.91 Å². The Bertz CT molecular complexity index is 195. The van der Waals surface area contributed by atoms with Crippen molar-refractivity contribution in [2.75, 3.05) is 6.61 Å². The van der Waals surface area contributed by atoms with Crippen LogP contribution in [0.25, 0.3) is 0 Å². The lowest BCUT2D eigenvalue weighted by Crippen LogP contribution is -2.47. The molecule has 0 rings (SSSR count). The fourth-order valence-electron chi connectivity index (χ4n) is 1.25. The zero-order valence-corrected chi connectivity index (χ0v) is 10.2. The van der Waals surface area contributed by atoms with Gasteiger partial charge in [0.1, 0.15) is 0 Å². The van der Waals surface area contributed by atoms with E-state index >= 15 is 0 Å². The molecule has 0 saturated carbocycles. The minimum absolute atomic E-state index is 0.0410. The van der Waals surface area contributed by atoms with Gasteiger partial charge in [0.25, 0.3) is 0 Å². The number of nitrogens with two attached hydrogens (primary N) is 1. The highest BCUT2D eigenvalue weighted by Gasteiger charge is 2.19. The molecule has 4 heteroatoms. The number of carbonyl (C=O) groups excluding carboxylic acids is 1. The van der Waals surface area contributed by atoms with Gasteiger partial charge >= 0.3 is 0 Å². The van der Waals surface area contributed by atoms with Crippen molar-refractivity contribution in [3.63, 3.8) is 0 Å². The van der Waals surface area contributed by atoms with Gasteiger partial charge in [0.05, 0.1) is 6.04 Å². The summed E-state index contributed by atoms with van der Waals surface area (Å²) in [5, 5.41) is 11.7. The van der Waals surface area contributed by atoms with Crippen LogP contribution < -0.4 is 11.1 Å². The van der Waals surface area contributed by atoms with Gasteiger partial charge in [-0.25, -0.2) is 0 Å². The molecule has 0 aliphatic carbocycles. The first kappa shape index (κ1) is 14.4. The van der Waals surface area contributed by atoms with Crippen LogP contribution in [0.15, 0.2) is 0 Å². The summed E-state index contributed by atoms with van der Waals surface area (Å²) in [6, 6.07) is -0.487. The van der Waals surface area contributed by atoms with Crippen molar-refractivity contribution in [1.29, 1.82) is 0 Å². The zero-order chi connectivity index (χ0) is 12.0. The summed E-state index contributed by atoms with van der Waals surface area (Å²) in [6.07, 6.45) is 0.687. The Hall–Kier alpha value is -0.610. The van der Waals surface area contributed by atoms with Gasteiger partial charge in [-0.1, -0.05) is 20.8 Å². The van der Waals surface area contributed by atoms with E-state index in [0.717, 1.165) is 0 Å². The molecule has 0 fully saturated rings. The highest BCUT2D eigenvalue weighted by molar-refractivity contribution is 5.81. The number of amides is 1. The molecular weight excluding hydrogens is 192 g/mol. The Morgan fingerprint density at radius 1 is 1.33 bits per heavy atom. The molecule has 0 heterocycles. The third kappa shape index (κ3) is 5.74. The quantitative estimate of drug-likeness (QED) is 0.605. The highest BCUT2D eigenvalue weighted by Crippen LogP contribution is 2.05.